The molecule has 1 N–H and O–H groups in total. The number of carbonyl (C=O) groups excluding carboxylic acids is 1. The molecule has 0 heterocycles. The number of hydrogen-bond acceptors (Lipinski definition) is 3. The highest BCUT2D eigenvalue weighted by Crippen LogP contribution is 2.12. The lowest BCUT2D eigenvalue weighted by Gasteiger charge is -2.12. The lowest BCUT2D eigenvalue weighted by Crippen LogP contribution is -2.17. The molecule has 0 aliphatic heterocycles. The van der Waals surface area contributed by atoms with Gasteiger partial charge in [-0.2, -0.15) is 0 Å². The van der Waals surface area contributed by atoms with Crippen molar-refractivity contribution >= 4 is 6.29 Å². The first-order valence-electron chi connectivity index (χ1n) is 6.22. The Labute approximate surface area is 107 Å². The molecule has 1 rings (SSSR count). The van der Waals surface area contributed by atoms with E-state index in [0.717, 1.165) is 25.5 Å². The Hall–Kier alpha value is -1.42. The van der Waals surface area contributed by atoms with Crippen molar-refractivity contribution in [2.75, 3.05) is 6.61 Å². The van der Waals surface area contributed by atoms with E-state index < -0.39 is 6.10 Å². The highest BCUT2D eigenvalue weighted by Gasteiger charge is 2.05. The summed E-state index contributed by atoms with van der Waals surface area (Å²) < 4.78 is 18.0. The first-order chi connectivity index (χ1) is 8.72. The fraction of sp³-hybridized carbons (Fsp3) is 0.500. The van der Waals surface area contributed by atoms with Crippen molar-refractivity contribution in [3.8, 4) is 5.75 Å². The number of hydrogen-bond donors (Lipinski definition) is 1. The minimum absolute atomic E-state index is 0.208. The topological polar surface area (TPSA) is 46.5 Å². The van der Waals surface area contributed by atoms with Crippen molar-refractivity contribution in [1.29, 1.82) is 0 Å². The number of aliphatic hydroxyl groups excluding tert-OH is 1. The number of rotatable bonds is 9. The van der Waals surface area contributed by atoms with Crippen LogP contribution in [-0.2, 0) is 4.79 Å². The summed E-state index contributed by atoms with van der Waals surface area (Å²) in [5.74, 6) is 0.245. The molecule has 0 aliphatic carbocycles. The van der Waals surface area contributed by atoms with E-state index in [2.05, 4.69) is 0 Å². The molecule has 0 saturated carbocycles. The summed E-state index contributed by atoms with van der Waals surface area (Å²) in [6, 6.07) is 5.71. The summed E-state index contributed by atoms with van der Waals surface area (Å²) >= 11 is 0. The smallest absolute Gasteiger partial charge is 0.123 e. The lowest BCUT2D eigenvalue weighted by molar-refractivity contribution is -0.107. The second kappa shape index (κ2) is 8.64. The van der Waals surface area contributed by atoms with Gasteiger partial charge in [0.05, 0.1) is 6.10 Å². The molecular formula is C14H19FO3. The van der Waals surface area contributed by atoms with E-state index in [0.29, 0.717) is 18.6 Å². The number of carbonyl (C=O) groups is 1. The molecule has 1 aromatic rings. The Bertz CT molecular complexity index is 337. The third-order valence-electron chi connectivity index (χ3n) is 2.62. The maximum atomic E-state index is 12.6. The third kappa shape index (κ3) is 6.35. The van der Waals surface area contributed by atoms with Gasteiger partial charge in [-0.15, -0.1) is 0 Å². The van der Waals surface area contributed by atoms with E-state index in [9.17, 15) is 14.3 Å². The van der Waals surface area contributed by atoms with Crippen LogP contribution < -0.4 is 4.74 Å². The lowest BCUT2D eigenvalue weighted by atomic mass is 10.1. The molecule has 0 radical (unpaired) electrons. The molecule has 0 aromatic heterocycles. The van der Waals surface area contributed by atoms with Gasteiger partial charge in [0.2, 0.25) is 0 Å². The van der Waals surface area contributed by atoms with E-state index in [1.165, 1.54) is 24.3 Å². The van der Waals surface area contributed by atoms with Crippen LogP contribution in [0.3, 0.4) is 0 Å². The standard InChI is InChI=1S/C14H19FO3/c15-12-6-8-14(9-7-12)18-11-13(17)5-3-1-2-4-10-16/h6-10,13,17H,1-5,11H2. The van der Waals surface area contributed by atoms with Gasteiger partial charge in [-0.1, -0.05) is 12.8 Å². The van der Waals surface area contributed by atoms with Crippen LogP contribution in [0.5, 0.6) is 5.75 Å². The molecule has 0 fully saturated rings. The van der Waals surface area contributed by atoms with E-state index in [-0.39, 0.29) is 12.4 Å². The van der Waals surface area contributed by atoms with Gasteiger partial charge in [-0.3, -0.25) is 0 Å². The SMILES string of the molecule is O=CCCCCCC(O)COc1ccc(F)cc1. The summed E-state index contributed by atoms with van der Waals surface area (Å²) in [5, 5.41) is 9.65. The van der Waals surface area contributed by atoms with Crippen LogP contribution in [0.1, 0.15) is 32.1 Å². The van der Waals surface area contributed by atoms with Crippen LogP contribution >= 0.6 is 0 Å². The molecule has 0 bridgehead atoms. The van der Waals surface area contributed by atoms with Gasteiger partial charge in [-0.05, 0) is 37.1 Å². The fourth-order valence-electron chi connectivity index (χ4n) is 1.59. The Morgan fingerprint density at radius 1 is 1.22 bits per heavy atom. The van der Waals surface area contributed by atoms with E-state index >= 15 is 0 Å². The Kier molecular flexibility index (Phi) is 7.03. The van der Waals surface area contributed by atoms with E-state index in [1.54, 1.807) is 0 Å². The van der Waals surface area contributed by atoms with Gasteiger partial charge in [-0.25, -0.2) is 4.39 Å². The fourth-order valence-corrected chi connectivity index (χ4v) is 1.59. The normalized spacial score (nSPS) is 12.1. The van der Waals surface area contributed by atoms with Gasteiger partial charge < -0.3 is 14.6 Å². The van der Waals surface area contributed by atoms with Crippen LogP contribution in [0, 0.1) is 5.82 Å². The van der Waals surface area contributed by atoms with Gasteiger partial charge in [0.25, 0.3) is 0 Å². The second-order valence-electron chi connectivity index (χ2n) is 4.22. The summed E-state index contributed by atoms with van der Waals surface area (Å²) in [6.45, 7) is 0.208. The monoisotopic (exact) mass is 254 g/mol. The molecule has 18 heavy (non-hydrogen) atoms. The number of aliphatic hydroxyl groups is 1. The highest BCUT2D eigenvalue weighted by molar-refractivity contribution is 5.48. The molecular weight excluding hydrogens is 235 g/mol. The molecule has 0 amide bonds. The van der Waals surface area contributed by atoms with Gasteiger partial charge in [0.1, 0.15) is 24.5 Å². The Balaban J connectivity index is 2.11. The summed E-state index contributed by atoms with van der Waals surface area (Å²) in [6.07, 6.45) is 4.31. The van der Waals surface area contributed by atoms with Crippen LogP contribution in [-0.4, -0.2) is 24.1 Å². The molecule has 100 valence electrons. The highest BCUT2D eigenvalue weighted by atomic mass is 19.1. The molecule has 1 aromatic carbocycles. The van der Waals surface area contributed by atoms with Crippen molar-refractivity contribution in [3.63, 3.8) is 0 Å². The first kappa shape index (κ1) is 14.6. The number of ether oxygens (including phenoxy) is 1. The molecule has 0 spiro atoms. The summed E-state index contributed by atoms with van der Waals surface area (Å²) in [5.41, 5.74) is 0. The molecule has 0 saturated heterocycles. The average molecular weight is 254 g/mol. The zero-order valence-corrected chi connectivity index (χ0v) is 10.3. The molecule has 0 aliphatic rings. The van der Waals surface area contributed by atoms with Gasteiger partial charge in [0.15, 0.2) is 0 Å². The predicted octanol–water partition coefficient (Wildman–Crippen LogP) is 2.71. The predicted molar refractivity (Wildman–Crippen MR) is 67.1 cm³/mol. The first-order valence-corrected chi connectivity index (χ1v) is 6.22. The van der Waals surface area contributed by atoms with Crippen molar-refractivity contribution in [3.05, 3.63) is 30.1 Å². The minimum atomic E-state index is -0.522. The molecule has 1 atom stereocenters. The zero-order chi connectivity index (χ0) is 13.2. The minimum Gasteiger partial charge on any atom is -0.491 e. The maximum Gasteiger partial charge on any atom is 0.123 e. The van der Waals surface area contributed by atoms with Crippen LogP contribution in [0.15, 0.2) is 24.3 Å². The van der Waals surface area contributed by atoms with E-state index in [1.807, 2.05) is 0 Å². The largest absolute Gasteiger partial charge is 0.491 e. The van der Waals surface area contributed by atoms with Crippen molar-refractivity contribution in [1.82, 2.24) is 0 Å². The number of aldehydes is 1. The van der Waals surface area contributed by atoms with Crippen LogP contribution in [0.4, 0.5) is 4.39 Å². The maximum absolute atomic E-state index is 12.6. The van der Waals surface area contributed by atoms with Gasteiger partial charge >= 0.3 is 0 Å². The van der Waals surface area contributed by atoms with E-state index in [4.69, 9.17) is 4.74 Å². The molecule has 3 nitrogen and oxygen atoms in total. The van der Waals surface area contributed by atoms with Crippen LogP contribution in [0.25, 0.3) is 0 Å². The van der Waals surface area contributed by atoms with Crippen molar-refractivity contribution in [2.45, 2.75) is 38.2 Å². The second-order valence-corrected chi connectivity index (χ2v) is 4.22. The Morgan fingerprint density at radius 3 is 2.61 bits per heavy atom. The average Bonchev–Trinajstić information content (AvgIpc) is 2.38. The van der Waals surface area contributed by atoms with Crippen molar-refractivity contribution < 1.29 is 19.0 Å². The van der Waals surface area contributed by atoms with Crippen LogP contribution in [0.2, 0.25) is 0 Å². The quantitative estimate of drug-likeness (QED) is 0.544. The third-order valence-corrected chi connectivity index (χ3v) is 2.62. The molecule has 4 heteroatoms. The zero-order valence-electron chi connectivity index (χ0n) is 10.3. The number of halogens is 1. The summed E-state index contributed by atoms with van der Waals surface area (Å²) in [7, 11) is 0. The number of unbranched alkanes of at least 4 members (excludes halogenated alkanes) is 3. The van der Waals surface area contributed by atoms with Crippen molar-refractivity contribution in [2.24, 2.45) is 0 Å². The number of benzene rings is 1. The van der Waals surface area contributed by atoms with Gasteiger partial charge in [0, 0.05) is 6.42 Å². The Morgan fingerprint density at radius 2 is 1.94 bits per heavy atom. The molecule has 1 unspecified atom stereocenters. The summed E-state index contributed by atoms with van der Waals surface area (Å²) in [4.78, 5) is 10.1.